The highest BCUT2D eigenvalue weighted by molar-refractivity contribution is 7.18. The van der Waals surface area contributed by atoms with E-state index in [2.05, 4.69) is 4.98 Å². The summed E-state index contributed by atoms with van der Waals surface area (Å²) in [5, 5.41) is 0.562. The first-order chi connectivity index (χ1) is 9.61. The van der Waals surface area contributed by atoms with Crippen molar-refractivity contribution in [2.75, 3.05) is 24.7 Å². The number of ether oxygens (including phenoxy) is 2. The molecule has 1 aliphatic heterocycles. The van der Waals surface area contributed by atoms with Crippen molar-refractivity contribution < 1.29 is 9.47 Å². The number of nitrogen functional groups attached to an aromatic ring is 2. The van der Waals surface area contributed by atoms with Crippen LogP contribution in [0.3, 0.4) is 0 Å². The maximum Gasteiger partial charge on any atom is 0.180 e. The normalized spacial score (nSPS) is 18.4. The molecule has 3 rings (SSSR count). The van der Waals surface area contributed by atoms with Gasteiger partial charge >= 0.3 is 0 Å². The van der Waals surface area contributed by atoms with Gasteiger partial charge in [0.25, 0.3) is 0 Å². The number of thiazole rings is 1. The molecular formula is C14H17N3O2S. The van der Waals surface area contributed by atoms with Crippen LogP contribution in [0, 0.1) is 6.92 Å². The lowest BCUT2D eigenvalue weighted by atomic mass is 10.1. The lowest BCUT2D eigenvalue weighted by molar-refractivity contribution is 0.141. The molecule has 2 heterocycles. The molecule has 106 valence electrons. The minimum atomic E-state index is 0.109. The Morgan fingerprint density at radius 2 is 2.20 bits per heavy atom. The van der Waals surface area contributed by atoms with E-state index < -0.39 is 0 Å². The van der Waals surface area contributed by atoms with Crippen molar-refractivity contribution in [3.8, 4) is 16.2 Å². The second-order valence-electron chi connectivity index (χ2n) is 4.86. The van der Waals surface area contributed by atoms with Crippen LogP contribution in [0.15, 0.2) is 18.2 Å². The molecule has 2 aromatic rings. The van der Waals surface area contributed by atoms with Gasteiger partial charge in [-0.3, -0.25) is 0 Å². The first-order valence-corrected chi connectivity index (χ1v) is 7.32. The molecule has 1 aliphatic rings. The Balaban J connectivity index is 1.91. The predicted octanol–water partition coefficient (Wildman–Crippen LogP) is 2.45. The Morgan fingerprint density at radius 3 is 2.85 bits per heavy atom. The topological polar surface area (TPSA) is 83.4 Å². The largest absolute Gasteiger partial charge is 0.488 e. The fourth-order valence-electron chi connectivity index (χ4n) is 2.30. The highest BCUT2D eigenvalue weighted by Gasteiger charge is 2.18. The number of hydrogen-bond donors (Lipinski definition) is 2. The van der Waals surface area contributed by atoms with Gasteiger partial charge in [-0.25, -0.2) is 4.98 Å². The van der Waals surface area contributed by atoms with E-state index in [-0.39, 0.29) is 6.10 Å². The van der Waals surface area contributed by atoms with Crippen molar-refractivity contribution in [2.45, 2.75) is 19.4 Å². The van der Waals surface area contributed by atoms with E-state index in [9.17, 15) is 0 Å². The lowest BCUT2D eigenvalue weighted by Crippen LogP contribution is -2.15. The molecule has 0 unspecified atom stereocenters. The number of nitrogens with two attached hydrogens (primary N) is 2. The molecule has 1 aromatic carbocycles. The predicted molar refractivity (Wildman–Crippen MR) is 81.0 cm³/mol. The van der Waals surface area contributed by atoms with Crippen LogP contribution in [0.2, 0.25) is 0 Å². The summed E-state index contributed by atoms with van der Waals surface area (Å²) in [4.78, 5) is 5.27. The standard InChI is InChI=1S/C14H17N3O2S/c1-8-13(20-14(16)17-8)9-4-10(15)6-12(5-9)19-11-2-3-18-7-11/h4-6,11H,2-3,7,15H2,1H3,(H2,16,17)/t11-/m1/s1. The number of nitrogens with zero attached hydrogens (tertiary/aromatic N) is 1. The highest BCUT2D eigenvalue weighted by Crippen LogP contribution is 2.35. The van der Waals surface area contributed by atoms with Gasteiger partial charge in [0.1, 0.15) is 11.9 Å². The Hall–Kier alpha value is -1.79. The third-order valence-electron chi connectivity index (χ3n) is 3.19. The molecule has 0 amide bonds. The number of anilines is 2. The van der Waals surface area contributed by atoms with E-state index in [1.807, 2.05) is 25.1 Å². The Labute approximate surface area is 121 Å². The summed E-state index contributed by atoms with van der Waals surface area (Å²) < 4.78 is 11.2. The SMILES string of the molecule is Cc1nc(N)sc1-c1cc(N)cc(O[C@@H]2CCOC2)c1. The Morgan fingerprint density at radius 1 is 1.35 bits per heavy atom. The lowest BCUT2D eigenvalue weighted by Gasteiger charge is -2.13. The molecule has 1 saturated heterocycles. The maximum absolute atomic E-state index is 5.97. The van der Waals surface area contributed by atoms with E-state index in [1.165, 1.54) is 11.3 Å². The van der Waals surface area contributed by atoms with Gasteiger partial charge in [0.2, 0.25) is 0 Å². The van der Waals surface area contributed by atoms with Crippen molar-refractivity contribution in [2.24, 2.45) is 0 Å². The molecule has 6 heteroatoms. The number of rotatable bonds is 3. The molecule has 20 heavy (non-hydrogen) atoms. The molecule has 0 spiro atoms. The van der Waals surface area contributed by atoms with Crippen LogP contribution in [-0.4, -0.2) is 24.3 Å². The van der Waals surface area contributed by atoms with E-state index in [0.29, 0.717) is 17.4 Å². The van der Waals surface area contributed by atoms with Crippen LogP contribution < -0.4 is 16.2 Å². The first-order valence-electron chi connectivity index (χ1n) is 6.50. The summed E-state index contributed by atoms with van der Waals surface area (Å²) in [6.07, 6.45) is 1.02. The average molecular weight is 291 g/mol. The quantitative estimate of drug-likeness (QED) is 0.849. The van der Waals surface area contributed by atoms with E-state index in [1.54, 1.807) is 0 Å². The van der Waals surface area contributed by atoms with Gasteiger partial charge in [-0.05, 0) is 24.6 Å². The monoisotopic (exact) mass is 291 g/mol. The van der Waals surface area contributed by atoms with Gasteiger partial charge in [-0.2, -0.15) is 0 Å². The van der Waals surface area contributed by atoms with Gasteiger partial charge in [-0.15, -0.1) is 0 Å². The Bertz CT molecular complexity index is 621. The molecule has 0 aliphatic carbocycles. The van der Waals surface area contributed by atoms with Crippen molar-refractivity contribution in [3.05, 3.63) is 23.9 Å². The number of aromatic nitrogens is 1. The molecule has 1 atom stereocenters. The van der Waals surface area contributed by atoms with Gasteiger partial charge < -0.3 is 20.9 Å². The van der Waals surface area contributed by atoms with Crippen molar-refractivity contribution in [1.82, 2.24) is 4.98 Å². The minimum Gasteiger partial charge on any atom is -0.488 e. The zero-order valence-corrected chi connectivity index (χ0v) is 12.1. The minimum absolute atomic E-state index is 0.109. The molecule has 5 nitrogen and oxygen atoms in total. The molecule has 0 radical (unpaired) electrons. The summed E-state index contributed by atoms with van der Waals surface area (Å²) in [7, 11) is 0. The van der Waals surface area contributed by atoms with E-state index in [0.717, 1.165) is 34.9 Å². The second kappa shape index (κ2) is 5.30. The molecule has 0 bridgehead atoms. The summed E-state index contributed by atoms with van der Waals surface area (Å²) >= 11 is 1.46. The molecule has 0 saturated carbocycles. The first kappa shape index (κ1) is 13.2. The molecular weight excluding hydrogens is 274 g/mol. The van der Waals surface area contributed by atoms with Crippen LogP contribution in [0.1, 0.15) is 12.1 Å². The number of hydrogen-bond acceptors (Lipinski definition) is 6. The molecule has 1 fully saturated rings. The van der Waals surface area contributed by atoms with Gasteiger partial charge in [0, 0.05) is 18.2 Å². The molecule has 4 N–H and O–H groups in total. The smallest absolute Gasteiger partial charge is 0.180 e. The fraction of sp³-hybridized carbons (Fsp3) is 0.357. The van der Waals surface area contributed by atoms with Gasteiger partial charge in [0.15, 0.2) is 5.13 Å². The van der Waals surface area contributed by atoms with Gasteiger partial charge in [-0.1, -0.05) is 11.3 Å². The third-order valence-corrected chi connectivity index (χ3v) is 4.23. The maximum atomic E-state index is 5.97. The van der Waals surface area contributed by atoms with Crippen molar-refractivity contribution in [3.63, 3.8) is 0 Å². The Kier molecular flexibility index (Phi) is 3.50. The van der Waals surface area contributed by atoms with Crippen LogP contribution in [0.4, 0.5) is 10.8 Å². The number of aryl methyl sites for hydroxylation is 1. The van der Waals surface area contributed by atoms with Gasteiger partial charge in [0.05, 0.1) is 23.8 Å². The average Bonchev–Trinajstić information content (AvgIpc) is 2.98. The van der Waals surface area contributed by atoms with Crippen LogP contribution in [0.5, 0.6) is 5.75 Å². The summed E-state index contributed by atoms with van der Waals surface area (Å²) in [6, 6.07) is 5.73. The van der Waals surface area contributed by atoms with Crippen LogP contribution in [0.25, 0.3) is 10.4 Å². The van der Waals surface area contributed by atoms with Crippen LogP contribution in [-0.2, 0) is 4.74 Å². The highest BCUT2D eigenvalue weighted by atomic mass is 32.1. The summed E-state index contributed by atoms with van der Waals surface area (Å²) in [5.74, 6) is 0.766. The zero-order chi connectivity index (χ0) is 14.1. The van der Waals surface area contributed by atoms with E-state index >= 15 is 0 Å². The summed E-state index contributed by atoms with van der Waals surface area (Å²) in [6.45, 7) is 3.33. The third kappa shape index (κ3) is 2.71. The second-order valence-corrected chi connectivity index (χ2v) is 5.89. The summed E-state index contributed by atoms with van der Waals surface area (Å²) in [5.41, 5.74) is 14.3. The fourth-order valence-corrected chi connectivity index (χ4v) is 3.13. The number of benzene rings is 1. The van der Waals surface area contributed by atoms with Crippen molar-refractivity contribution in [1.29, 1.82) is 0 Å². The van der Waals surface area contributed by atoms with Crippen LogP contribution >= 0.6 is 11.3 Å². The molecule has 1 aromatic heterocycles. The zero-order valence-electron chi connectivity index (χ0n) is 11.3. The van der Waals surface area contributed by atoms with E-state index in [4.69, 9.17) is 20.9 Å². The van der Waals surface area contributed by atoms with Crippen molar-refractivity contribution >= 4 is 22.2 Å².